The number of carbonyl (C=O) groups is 1. The predicted molar refractivity (Wildman–Crippen MR) is 160 cm³/mol. The van der Waals surface area contributed by atoms with Gasteiger partial charge in [-0.1, -0.05) is 34.6 Å². The van der Waals surface area contributed by atoms with Crippen molar-refractivity contribution in [2.75, 3.05) is 13.2 Å². The molecule has 7 fully saturated rings. The third kappa shape index (κ3) is 3.86. The molecule has 2 aliphatic heterocycles. The average molecular weight is 587 g/mol. The highest BCUT2D eigenvalue weighted by Gasteiger charge is 2.83. The Morgan fingerprint density at radius 3 is 2.29 bits per heavy atom. The Morgan fingerprint density at radius 2 is 1.60 bits per heavy atom. The number of rotatable bonds is 4. The normalized spacial score (nSPS) is 52.2. The summed E-state index contributed by atoms with van der Waals surface area (Å²) in [6.07, 6.45) is 10.9. The van der Waals surface area contributed by atoms with E-state index >= 15 is 0 Å². The Balaban J connectivity index is 1.14. The lowest BCUT2D eigenvalue weighted by Crippen LogP contribution is -2.58. The second-order valence-electron chi connectivity index (χ2n) is 17.9. The van der Waals surface area contributed by atoms with Crippen LogP contribution in [-0.2, 0) is 19.0 Å². The highest BCUT2D eigenvalue weighted by atomic mass is 16.6. The van der Waals surface area contributed by atoms with Gasteiger partial charge in [0.05, 0.1) is 29.8 Å². The van der Waals surface area contributed by atoms with Crippen LogP contribution in [0.1, 0.15) is 119 Å². The molecule has 0 aromatic heterocycles. The molecule has 7 aliphatic rings. The van der Waals surface area contributed by atoms with Crippen LogP contribution in [0.5, 0.6) is 0 Å². The van der Waals surface area contributed by atoms with Crippen LogP contribution in [0.4, 0.5) is 0 Å². The standard InChI is InChI=1S/C36H58O6/c1-21-18-23(29(32(4,5)39)42-30(38)22-11-16-40-17-12-22)41-24-19-34(7)26-9-8-25-31(2,3)27(37)10-13-35(25)20-36(26,35)15-14-33(34,6)28(21)24/h21-29,37,39H,8-20H2,1-7H3. The van der Waals surface area contributed by atoms with Crippen LogP contribution in [0.2, 0.25) is 0 Å². The summed E-state index contributed by atoms with van der Waals surface area (Å²) in [6, 6.07) is 0. The van der Waals surface area contributed by atoms with E-state index in [1.807, 2.05) is 0 Å². The third-order valence-corrected chi connectivity index (χ3v) is 15.5. The highest BCUT2D eigenvalue weighted by Crippen LogP contribution is 2.89. The van der Waals surface area contributed by atoms with Gasteiger partial charge in [0.15, 0.2) is 6.10 Å². The second-order valence-corrected chi connectivity index (χ2v) is 17.9. The lowest BCUT2D eigenvalue weighted by atomic mass is 9.41. The fourth-order valence-electron chi connectivity index (χ4n) is 13.4. The molecule has 12 atom stereocenters. The van der Waals surface area contributed by atoms with Gasteiger partial charge in [0.25, 0.3) is 0 Å². The smallest absolute Gasteiger partial charge is 0.309 e. The molecule has 0 amide bonds. The van der Waals surface area contributed by atoms with Gasteiger partial charge in [-0.3, -0.25) is 4.79 Å². The number of carbonyl (C=O) groups excluding carboxylic acids is 1. The number of ether oxygens (including phenoxy) is 3. The van der Waals surface area contributed by atoms with E-state index in [0.717, 1.165) is 19.3 Å². The minimum atomic E-state index is -1.18. The van der Waals surface area contributed by atoms with Gasteiger partial charge < -0.3 is 24.4 Å². The first kappa shape index (κ1) is 30.0. The van der Waals surface area contributed by atoms with E-state index in [1.165, 1.54) is 38.5 Å². The van der Waals surface area contributed by atoms with Crippen molar-refractivity contribution in [3.8, 4) is 0 Å². The Morgan fingerprint density at radius 1 is 0.929 bits per heavy atom. The molecule has 0 aromatic carbocycles. The Hall–Kier alpha value is -0.690. The average Bonchev–Trinajstić information content (AvgIpc) is 3.52. The van der Waals surface area contributed by atoms with Crippen molar-refractivity contribution in [1.29, 1.82) is 0 Å². The van der Waals surface area contributed by atoms with Gasteiger partial charge in [0.1, 0.15) is 0 Å². The summed E-state index contributed by atoms with van der Waals surface area (Å²) >= 11 is 0. The number of fused-ring (bicyclic) bond motifs is 4. The monoisotopic (exact) mass is 586 g/mol. The van der Waals surface area contributed by atoms with Gasteiger partial charge in [0.2, 0.25) is 0 Å². The van der Waals surface area contributed by atoms with Gasteiger partial charge in [-0.25, -0.2) is 0 Å². The lowest BCUT2D eigenvalue weighted by molar-refractivity contribution is -0.214. The van der Waals surface area contributed by atoms with E-state index in [9.17, 15) is 15.0 Å². The molecule has 6 heteroatoms. The van der Waals surface area contributed by atoms with Crippen LogP contribution in [0, 0.1) is 56.7 Å². The Bertz CT molecular complexity index is 1090. The lowest BCUT2D eigenvalue weighted by Gasteiger charge is -2.63. The van der Waals surface area contributed by atoms with E-state index in [4.69, 9.17) is 14.2 Å². The third-order valence-electron chi connectivity index (χ3n) is 15.5. The molecule has 238 valence electrons. The van der Waals surface area contributed by atoms with Crippen molar-refractivity contribution in [3.05, 3.63) is 0 Å². The van der Waals surface area contributed by atoms with Crippen molar-refractivity contribution in [3.63, 3.8) is 0 Å². The van der Waals surface area contributed by atoms with E-state index in [2.05, 4.69) is 34.6 Å². The largest absolute Gasteiger partial charge is 0.456 e. The van der Waals surface area contributed by atoms with Crippen molar-refractivity contribution in [2.45, 2.75) is 149 Å². The van der Waals surface area contributed by atoms with Gasteiger partial charge in [0, 0.05) is 13.2 Å². The molecule has 12 unspecified atom stereocenters. The van der Waals surface area contributed by atoms with E-state index in [-0.39, 0.29) is 46.4 Å². The molecule has 5 aliphatic carbocycles. The van der Waals surface area contributed by atoms with E-state index in [0.29, 0.717) is 60.6 Å². The topological polar surface area (TPSA) is 85.2 Å². The van der Waals surface area contributed by atoms with Gasteiger partial charge in [-0.15, -0.1) is 0 Å². The van der Waals surface area contributed by atoms with Crippen LogP contribution in [0.15, 0.2) is 0 Å². The molecule has 5 saturated carbocycles. The first-order valence-corrected chi connectivity index (χ1v) is 17.4. The summed E-state index contributed by atoms with van der Waals surface area (Å²) in [5, 5.41) is 22.3. The Labute approximate surface area is 254 Å². The minimum Gasteiger partial charge on any atom is -0.456 e. The summed E-state index contributed by atoms with van der Waals surface area (Å²) in [4.78, 5) is 13.2. The van der Waals surface area contributed by atoms with Gasteiger partial charge >= 0.3 is 5.97 Å². The molecule has 2 N–H and O–H groups in total. The molecule has 0 radical (unpaired) electrons. The van der Waals surface area contributed by atoms with Crippen molar-refractivity contribution < 1.29 is 29.2 Å². The maximum atomic E-state index is 13.2. The van der Waals surface area contributed by atoms with Crippen LogP contribution in [-0.4, -0.2) is 59.4 Å². The Kier molecular flexibility index (Phi) is 6.73. The number of aliphatic hydroxyl groups excluding tert-OH is 1. The summed E-state index contributed by atoms with van der Waals surface area (Å²) in [5.41, 5.74) is 0.126. The summed E-state index contributed by atoms with van der Waals surface area (Å²) in [5.74, 6) is 1.91. The molecule has 7 rings (SSSR count). The molecule has 2 saturated heterocycles. The van der Waals surface area contributed by atoms with Crippen molar-refractivity contribution >= 4 is 5.97 Å². The fourth-order valence-corrected chi connectivity index (χ4v) is 13.4. The molecule has 0 bridgehead atoms. The molecule has 2 heterocycles. The molecule has 0 aromatic rings. The van der Waals surface area contributed by atoms with E-state index in [1.54, 1.807) is 13.8 Å². The number of hydrogen-bond donors (Lipinski definition) is 2. The molecule has 2 spiro atoms. The van der Waals surface area contributed by atoms with Gasteiger partial charge in [-0.05, 0) is 135 Å². The van der Waals surface area contributed by atoms with Gasteiger partial charge in [-0.2, -0.15) is 0 Å². The molecular formula is C36H58O6. The fraction of sp³-hybridized carbons (Fsp3) is 0.972. The van der Waals surface area contributed by atoms with E-state index < -0.39 is 11.7 Å². The van der Waals surface area contributed by atoms with Crippen LogP contribution < -0.4 is 0 Å². The summed E-state index contributed by atoms with van der Waals surface area (Å²) in [7, 11) is 0. The van der Waals surface area contributed by atoms with Crippen molar-refractivity contribution in [1.82, 2.24) is 0 Å². The molecule has 42 heavy (non-hydrogen) atoms. The number of hydrogen-bond acceptors (Lipinski definition) is 6. The first-order valence-electron chi connectivity index (χ1n) is 17.4. The quantitative estimate of drug-likeness (QED) is 0.376. The predicted octanol–water partition coefficient (Wildman–Crippen LogP) is 6.30. The zero-order valence-electron chi connectivity index (χ0n) is 27.4. The maximum Gasteiger partial charge on any atom is 0.309 e. The number of aliphatic hydroxyl groups is 2. The summed E-state index contributed by atoms with van der Waals surface area (Å²) < 4.78 is 18.7. The zero-order valence-corrected chi connectivity index (χ0v) is 27.4. The molecule has 6 nitrogen and oxygen atoms in total. The second kappa shape index (κ2) is 9.42. The van der Waals surface area contributed by atoms with Crippen LogP contribution in [0.25, 0.3) is 0 Å². The summed E-state index contributed by atoms with van der Waals surface area (Å²) in [6.45, 7) is 17.0. The minimum absolute atomic E-state index is 0.0110. The SMILES string of the molecule is CC1CC(C(OC(=O)C2CCOCC2)C(C)(C)O)OC2CC3(C)C4CCC5C(C)(C)C(O)CCC56CC46CCC3(C)C12. The first-order chi connectivity index (χ1) is 19.6. The highest BCUT2D eigenvalue weighted by molar-refractivity contribution is 5.72. The number of esters is 1. The molecular weight excluding hydrogens is 528 g/mol. The maximum absolute atomic E-state index is 13.2. The van der Waals surface area contributed by atoms with Crippen LogP contribution in [0.3, 0.4) is 0 Å². The van der Waals surface area contributed by atoms with Crippen LogP contribution >= 0.6 is 0 Å². The van der Waals surface area contributed by atoms with Crippen molar-refractivity contribution in [2.24, 2.45) is 56.7 Å². The zero-order chi connectivity index (χ0) is 30.1.